The van der Waals surface area contributed by atoms with Crippen molar-refractivity contribution in [2.24, 2.45) is 10.9 Å². The Labute approximate surface area is 184 Å². The number of hydrogen-bond acceptors (Lipinski definition) is 3. The van der Waals surface area contributed by atoms with E-state index in [1.165, 1.54) is 0 Å². The normalized spacial score (nSPS) is 11.4. The summed E-state index contributed by atoms with van der Waals surface area (Å²) in [5.41, 5.74) is 1.16. The maximum absolute atomic E-state index is 6.10. The molecule has 0 unspecified atom stereocenters. The fourth-order valence-corrected chi connectivity index (χ4v) is 2.81. The zero-order valence-corrected chi connectivity index (χ0v) is 19.6. The summed E-state index contributed by atoms with van der Waals surface area (Å²) >= 11 is 6.10. The lowest BCUT2D eigenvalue weighted by Crippen LogP contribution is -2.40. The lowest BCUT2D eigenvalue weighted by molar-refractivity contribution is 0.467. The van der Waals surface area contributed by atoms with Crippen LogP contribution in [0.2, 0.25) is 5.02 Å². The van der Waals surface area contributed by atoms with Gasteiger partial charge in [0.2, 0.25) is 0 Å². The molecule has 2 rings (SSSR count). The topological polar surface area (TPSA) is 58.3 Å². The molecule has 6 nitrogen and oxygen atoms in total. The van der Waals surface area contributed by atoms with Crippen molar-refractivity contribution < 1.29 is 0 Å². The van der Waals surface area contributed by atoms with E-state index in [0.29, 0.717) is 5.92 Å². The highest BCUT2D eigenvalue weighted by molar-refractivity contribution is 14.0. The number of aliphatic imine (C=N–C) groups is 1. The number of guanidine groups is 1. The van der Waals surface area contributed by atoms with Gasteiger partial charge in [0.05, 0.1) is 0 Å². The molecule has 27 heavy (non-hydrogen) atoms. The predicted molar refractivity (Wildman–Crippen MR) is 123 cm³/mol. The lowest BCUT2D eigenvalue weighted by Gasteiger charge is -2.23. The first kappa shape index (κ1) is 23.7. The van der Waals surface area contributed by atoms with Crippen LogP contribution in [0.25, 0.3) is 0 Å². The molecule has 0 atom stereocenters. The molecule has 0 bridgehead atoms. The van der Waals surface area contributed by atoms with Crippen LogP contribution in [0.3, 0.4) is 0 Å². The molecular weight excluding hydrogens is 475 g/mol. The number of benzene rings is 1. The number of halogens is 2. The van der Waals surface area contributed by atoms with Crippen LogP contribution in [-0.2, 0) is 19.5 Å². The van der Waals surface area contributed by atoms with Crippen molar-refractivity contribution in [3.63, 3.8) is 0 Å². The number of hydrogen-bond donors (Lipinski definition) is 1. The lowest BCUT2D eigenvalue weighted by atomic mass is 10.2. The fraction of sp³-hybridized carbons (Fsp3) is 0.526. The van der Waals surface area contributed by atoms with Gasteiger partial charge in [-0.2, -0.15) is 0 Å². The second kappa shape index (κ2) is 12.2. The summed E-state index contributed by atoms with van der Waals surface area (Å²) in [7, 11) is 2.04. The van der Waals surface area contributed by atoms with Crippen LogP contribution in [0, 0.1) is 5.92 Å². The first-order valence-corrected chi connectivity index (χ1v) is 9.48. The molecule has 0 saturated heterocycles. The Kier molecular flexibility index (Phi) is 10.7. The van der Waals surface area contributed by atoms with Crippen molar-refractivity contribution in [2.75, 3.05) is 20.1 Å². The third kappa shape index (κ3) is 8.04. The highest BCUT2D eigenvalue weighted by Crippen LogP contribution is 2.12. The quantitative estimate of drug-likeness (QED) is 0.337. The summed E-state index contributed by atoms with van der Waals surface area (Å²) in [6, 6.07) is 7.93. The Morgan fingerprint density at radius 2 is 2.15 bits per heavy atom. The molecule has 0 spiro atoms. The van der Waals surface area contributed by atoms with E-state index < -0.39 is 0 Å². The minimum atomic E-state index is 0. The van der Waals surface area contributed by atoms with Crippen LogP contribution in [-0.4, -0.2) is 45.8 Å². The molecule has 1 aromatic heterocycles. The monoisotopic (exact) mass is 504 g/mol. The Hall–Kier alpha value is -1.35. The predicted octanol–water partition coefficient (Wildman–Crippen LogP) is 3.85. The summed E-state index contributed by atoms with van der Waals surface area (Å²) in [6.07, 6.45) is 2.66. The zero-order chi connectivity index (χ0) is 18.9. The summed E-state index contributed by atoms with van der Waals surface area (Å²) in [5.74, 6) is 2.40. The molecule has 2 aromatic rings. The third-order valence-electron chi connectivity index (χ3n) is 3.92. The second-order valence-electron chi connectivity index (χ2n) is 6.77. The van der Waals surface area contributed by atoms with Gasteiger partial charge in [-0.05, 0) is 23.6 Å². The summed E-state index contributed by atoms with van der Waals surface area (Å²) in [5, 5.41) is 12.3. The molecule has 0 saturated carbocycles. The third-order valence-corrected chi connectivity index (χ3v) is 4.16. The van der Waals surface area contributed by atoms with Gasteiger partial charge in [-0.1, -0.05) is 44.5 Å². The molecule has 150 valence electrons. The van der Waals surface area contributed by atoms with Gasteiger partial charge in [0, 0.05) is 44.7 Å². The van der Waals surface area contributed by atoms with Crippen LogP contribution >= 0.6 is 35.6 Å². The van der Waals surface area contributed by atoms with E-state index in [9.17, 15) is 0 Å². The van der Waals surface area contributed by atoms with Crippen LogP contribution in [0.1, 0.15) is 32.2 Å². The van der Waals surface area contributed by atoms with Gasteiger partial charge in [-0.15, -0.1) is 34.2 Å². The number of rotatable bonds is 8. The van der Waals surface area contributed by atoms with Crippen molar-refractivity contribution in [1.29, 1.82) is 0 Å². The van der Waals surface area contributed by atoms with Gasteiger partial charge >= 0.3 is 0 Å². The van der Waals surface area contributed by atoms with Crippen molar-refractivity contribution in [3.8, 4) is 0 Å². The first-order valence-electron chi connectivity index (χ1n) is 9.10. The standard InChI is InChI=1S/C19H29ClN6.HI/c1-5-18-24-23-14-26(18)10-9-21-19(22-12-15(2)3)25(4)13-16-7-6-8-17(20)11-16;/h6-8,11,14-15H,5,9-10,12-13H2,1-4H3,(H,21,22);1H. The van der Waals surface area contributed by atoms with Crippen molar-refractivity contribution in [3.05, 3.63) is 47.0 Å². The molecule has 0 radical (unpaired) electrons. The number of aromatic nitrogens is 3. The Bertz CT molecular complexity index is 716. The van der Waals surface area contributed by atoms with Gasteiger partial charge in [0.1, 0.15) is 12.2 Å². The summed E-state index contributed by atoms with van der Waals surface area (Å²) < 4.78 is 2.07. The Morgan fingerprint density at radius 1 is 1.37 bits per heavy atom. The molecule has 1 heterocycles. The van der Waals surface area contributed by atoms with E-state index in [0.717, 1.165) is 55.0 Å². The van der Waals surface area contributed by atoms with E-state index in [2.05, 4.69) is 51.8 Å². The van der Waals surface area contributed by atoms with Crippen molar-refractivity contribution >= 4 is 41.5 Å². The molecule has 8 heteroatoms. The van der Waals surface area contributed by atoms with Crippen LogP contribution in [0.4, 0.5) is 0 Å². The maximum Gasteiger partial charge on any atom is 0.194 e. The van der Waals surface area contributed by atoms with E-state index >= 15 is 0 Å². The van der Waals surface area contributed by atoms with Crippen LogP contribution in [0.15, 0.2) is 35.6 Å². The zero-order valence-electron chi connectivity index (χ0n) is 16.5. The van der Waals surface area contributed by atoms with E-state index in [4.69, 9.17) is 16.6 Å². The average molecular weight is 505 g/mol. The highest BCUT2D eigenvalue weighted by Gasteiger charge is 2.09. The number of nitrogens with one attached hydrogen (secondary N) is 1. The Morgan fingerprint density at radius 3 is 2.81 bits per heavy atom. The molecule has 0 aliphatic rings. The van der Waals surface area contributed by atoms with Gasteiger partial charge in [-0.25, -0.2) is 0 Å². The largest absolute Gasteiger partial charge is 0.354 e. The van der Waals surface area contributed by atoms with Crippen LogP contribution < -0.4 is 5.32 Å². The van der Waals surface area contributed by atoms with E-state index in [-0.39, 0.29) is 24.0 Å². The maximum atomic E-state index is 6.10. The Balaban J connectivity index is 0.00000364. The molecule has 0 aliphatic carbocycles. The number of nitrogens with zero attached hydrogens (tertiary/aromatic N) is 5. The highest BCUT2D eigenvalue weighted by atomic mass is 127. The van der Waals surface area contributed by atoms with Gasteiger partial charge < -0.3 is 14.8 Å². The van der Waals surface area contributed by atoms with Crippen molar-refractivity contribution in [1.82, 2.24) is 25.0 Å². The van der Waals surface area contributed by atoms with Gasteiger partial charge in [0.15, 0.2) is 5.96 Å². The first-order chi connectivity index (χ1) is 12.5. The van der Waals surface area contributed by atoms with E-state index in [1.807, 2.05) is 25.2 Å². The van der Waals surface area contributed by atoms with Crippen molar-refractivity contribution in [2.45, 2.75) is 40.3 Å². The molecule has 0 fully saturated rings. The molecule has 1 aromatic carbocycles. The van der Waals surface area contributed by atoms with Gasteiger partial charge in [0.25, 0.3) is 0 Å². The molecule has 0 amide bonds. The second-order valence-corrected chi connectivity index (χ2v) is 7.20. The number of aryl methyl sites for hydroxylation is 1. The molecule has 1 N–H and O–H groups in total. The van der Waals surface area contributed by atoms with Gasteiger partial charge in [-0.3, -0.25) is 4.99 Å². The van der Waals surface area contributed by atoms with E-state index in [1.54, 1.807) is 6.33 Å². The SMILES string of the molecule is CCc1nncn1CCNC(=NCC(C)C)N(C)Cc1cccc(Cl)c1.I. The smallest absolute Gasteiger partial charge is 0.194 e. The minimum Gasteiger partial charge on any atom is -0.354 e. The molecular formula is C19H30ClIN6. The minimum absolute atomic E-state index is 0. The van der Waals surface area contributed by atoms with Crippen LogP contribution in [0.5, 0.6) is 0 Å². The average Bonchev–Trinajstić information content (AvgIpc) is 3.05. The molecule has 0 aliphatic heterocycles. The summed E-state index contributed by atoms with van der Waals surface area (Å²) in [6.45, 7) is 9.53. The fourth-order valence-electron chi connectivity index (χ4n) is 2.59. The summed E-state index contributed by atoms with van der Waals surface area (Å²) in [4.78, 5) is 6.89.